The first-order valence-corrected chi connectivity index (χ1v) is 9.79. The molecule has 0 heterocycles. The number of rotatable bonds is 4. The Kier molecular flexibility index (Phi) is 6.28. The molecule has 4 aromatic carbocycles. The van der Waals surface area contributed by atoms with E-state index in [4.69, 9.17) is 9.98 Å². The molecule has 0 aliphatic rings. The molecule has 0 saturated carbocycles. The Labute approximate surface area is 176 Å². The molecule has 0 aliphatic heterocycles. The van der Waals surface area contributed by atoms with Gasteiger partial charge in [0.05, 0.1) is 5.69 Å². The number of para-hydroxylation sites is 3. The largest absolute Gasteiger partial charge is 0.340 e. The van der Waals surface area contributed by atoms with Gasteiger partial charge in [-0.15, -0.1) is 0 Å². The van der Waals surface area contributed by atoms with Crippen molar-refractivity contribution in [1.82, 2.24) is 0 Å². The minimum atomic E-state index is 0.495. The predicted octanol–water partition coefficient (Wildman–Crippen LogP) is 6.35. The van der Waals surface area contributed by atoms with Crippen LogP contribution >= 0.6 is 0 Å². The summed E-state index contributed by atoms with van der Waals surface area (Å²) < 4.78 is 0. The van der Waals surface area contributed by atoms with E-state index in [9.17, 15) is 0 Å². The molecule has 0 fully saturated rings. The highest BCUT2D eigenvalue weighted by atomic mass is 15.2. The maximum absolute atomic E-state index is 4.88. The van der Waals surface area contributed by atoms with Crippen LogP contribution in [0.3, 0.4) is 0 Å². The topological polar surface area (TPSA) is 48.8 Å². The lowest BCUT2D eigenvalue weighted by atomic mass is 10.2. The lowest BCUT2D eigenvalue weighted by molar-refractivity contribution is 1.42. The van der Waals surface area contributed by atoms with Crippen LogP contribution in [0, 0.1) is 0 Å². The molecule has 0 unspecified atom stereocenters. The quantitative estimate of drug-likeness (QED) is 0.315. The van der Waals surface area contributed by atoms with E-state index in [1.54, 1.807) is 0 Å². The highest BCUT2D eigenvalue weighted by molar-refractivity contribution is 6.15. The second-order valence-electron chi connectivity index (χ2n) is 6.58. The molecule has 0 amide bonds. The first-order chi connectivity index (χ1) is 14.9. The molecule has 4 heteroatoms. The van der Waals surface area contributed by atoms with Gasteiger partial charge in [-0.05, 0) is 36.4 Å². The molecular weight excluding hydrogens is 368 g/mol. The molecule has 0 spiro atoms. The third-order valence-electron chi connectivity index (χ3n) is 4.32. The van der Waals surface area contributed by atoms with E-state index in [1.807, 2.05) is 121 Å². The van der Waals surface area contributed by atoms with Gasteiger partial charge in [0, 0.05) is 16.9 Å². The Balaban J connectivity index is 1.76. The highest BCUT2D eigenvalue weighted by Gasteiger charge is 2.07. The van der Waals surface area contributed by atoms with Crippen molar-refractivity contribution >= 4 is 28.9 Å². The lowest BCUT2D eigenvalue weighted by Gasteiger charge is -2.12. The van der Waals surface area contributed by atoms with Crippen molar-refractivity contribution in [1.29, 1.82) is 0 Å². The molecule has 0 aliphatic carbocycles. The Hall–Kier alpha value is -4.18. The molecule has 146 valence electrons. The summed E-state index contributed by atoms with van der Waals surface area (Å²) in [5.74, 6) is 1.20. The molecule has 0 bridgehead atoms. The molecule has 2 N–H and O–H groups in total. The minimum absolute atomic E-state index is 0.495. The van der Waals surface area contributed by atoms with Gasteiger partial charge in [0.25, 0.3) is 0 Å². The van der Waals surface area contributed by atoms with Gasteiger partial charge in [-0.2, -0.15) is 4.99 Å². The summed E-state index contributed by atoms with van der Waals surface area (Å²) in [5.41, 5.74) is 3.67. The first kappa shape index (κ1) is 19.2. The van der Waals surface area contributed by atoms with Gasteiger partial charge in [0.2, 0.25) is 5.96 Å². The van der Waals surface area contributed by atoms with Crippen molar-refractivity contribution < 1.29 is 0 Å². The number of hydrogen-bond donors (Lipinski definition) is 2. The second-order valence-corrected chi connectivity index (χ2v) is 6.58. The average Bonchev–Trinajstić information content (AvgIpc) is 2.81. The van der Waals surface area contributed by atoms with E-state index in [0.717, 1.165) is 22.6 Å². The fourth-order valence-electron chi connectivity index (χ4n) is 2.88. The van der Waals surface area contributed by atoms with Crippen molar-refractivity contribution in [3.05, 3.63) is 127 Å². The summed E-state index contributed by atoms with van der Waals surface area (Å²) in [4.78, 5) is 9.62. The Bertz CT molecular complexity index is 1110. The number of hydrogen-bond acceptors (Lipinski definition) is 1. The van der Waals surface area contributed by atoms with Gasteiger partial charge in [0.15, 0.2) is 0 Å². The van der Waals surface area contributed by atoms with Crippen LogP contribution in [0.2, 0.25) is 0 Å². The first-order valence-electron chi connectivity index (χ1n) is 9.79. The number of aliphatic imine (C=N–C) groups is 2. The number of anilines is 2. The van der Waals surface area contributed by atoms with Crippen molar-refractivity contribution in [2.24, 2.45) is 9.98 Å². The van der Waals surface area contributed by atoms with Gasteiger partial charge in [0.1, 0.15) is 5.84 Å². The molecule has 0 aromatic heterocycles. The maximum Gasteiger partial charge on any atom is 0.229 e. The molecule has 4 aromatic rings. The van der Waals surface area contributed by atoms with Crippen LogP contribution in [0.4, 0.5) is 17.1 Å². The van der Waals surface area contributed by atoms with Gasteiger partial charge < -0.3 is 10.6 Å². The molecular formula is C26H22N4. The smallest absolute Gasteiger partial charge is 0.229 e. The zero-order valence-corrected chi connectivity index (χ0v) is 16.4. The van der Waals surface area contributed by atoms with Gasteiger partial charge in [-0.3, -0.25) is 0 Å². The summed E-state index contributed by atoms with van der Waals surface area (Å²) in [6, 6.07) is 39.7. The van der Waals surface area contributed by atoms with E-state index in [1.165, 1.54) is 0 Å². The van der Waals surface area contributed by atoms with Crippen LogP contribution in [-0.4, -0.2) is 11.8 Å². The standard InChI is InChI=1S/C26H22N4/c1-5-13-21(14-6-1)25(27-22-15-7-2-8-16-22)30-26(28-23-17-9-3-10-18-23)29-24-19-11-4-12-20-24/h1-20H,(H2,27,28,29,30). The normalized spacial score (nSPS) is 11.7. The number of guanidine groups is 1. The van der Waals surface area contributed by atoms with Gasteiger partial charge in [-0.25, -0.2) is 4.99 Å². The van der Waals surface area contributed by atoms with Crippen molar-refractivity contribution in [3.8, 4) is 0 Å². The SMILES string of the molecule is c1ccc(N=C(/N=C(/Nc2ccccc2)c2ccccc2)Nc2ccccc2)cc1. The van der Waals surface area contributed by atoms with Crippen LogP contribution in [0.1, 0.15) is 5.56 Å². The monoisotopic (exact) mass is 390 g/mol. The summed E-state index contributed by atoms with van der Waals surface area (Å²) in [5, 5.41) is 6.76. The van der Waals surface area contributed by atoms with E-state index in [2.05, 4.69) is 10.6 Å². The number of amidine groups is 1. The zero-order valence-electron chi connectivity index (χ0n) is 16.4. The third-order valence-corrected chi connectivity index (χ3v) is 4.32. The van der Waals surface area contributed by atoms with Crippen LogP contribution < -0.4 is 10.6 Å². The Morgan fingerprint density at radius 1 is 0.500 bits per heavy atom. The number of nitrogens with one attached hydrogen (secondary N) is 2. The fraction of sp³-hybridized carbons (Fsp3) is 0. The molecule has 30 heavy (non-hydrogen) atoms. The predicted molar refractivity (Wildman–Crippen MR) is 127 cm³/mol. The van der Waals surface area contributed by atoms with E-state index < -0.39 is 0 Å². The molecule has 0 atom stereocenters. The number of nitrogens with zero attached hydrogens (tertiary/aromatic N) is 2. The van der Waals surface area contributed by atoms with Gasteiger partial charge >= 0.3 is 0 Å². The van der Waals surface area contributed by atoms with Crippen LogP contribution in [-0.2, 0) is 0 Å². The minimum Gasteiger partial charge on any atom is -0.340 e. The molecule has 4 rings (SSSR count). The molecule has 0 saturated heterocycles. The van der Waals surface area contributed by atoms with Crippen molar-refractivity contribution in [2.75, 3.05) is 10.6 Å². The van der Waals surface area contributed by atoms with Crippen molar-refractivity contribution in [3.63, 3.8) is 0 Å². The second kappa shape index (κ2) is 9.85. The summed E-state index contributed by atoms with van der Waals surface area (Å²) >= 11 is 0. The third kappa shape index (κ3) is 5.42. The van der Waals surface area contributed by atoms with E-state index in [0.29, 0.717) is 11.8 Å². The molecule has 0 radical (unpaired) electrons. The summed E-state index contributed by atoms with van der Waals surface area (Å²) in [7, 11) is 0. The Morgan fingerprint density at radius 2 is 0.967 bits per heavy atom. The van der Waals surface area contributed by atoms with E-state index >= 15 is 0 Å². The average molecular weight is 390 g/mol. The summed E-state index contributed by atoms with van der Waals surface area (Å²) in [6.45, 7) is 0. The summed E-state index contributed by atoms with van der Waals surface area (Å²) in [6.07, 6.45) is 0. The van der Waals surface area contributed by atoms with Crippen LogP contribution in [0.25, 0.3) is 0 Å². The van der Waals surface area contributed by atoms with E-state index in [-0.39, 0.29) is 0 Å². The number of benzene rings is 4. The fourth-order valence-corrected chi connectivity index (χ4v) is 2.88. The Morgan fingerprint density at radius 3 is 1.53 bits per heavy atom. The van der Waals surface area contributed by atoms with Crippen LogP contribution in [0.15, 0.2) is 131 Å². The zero-order chi connectivity index (χ0) is 20.4. The maximum atomic E-state index is 4.88. The van der Waals surface area contributed by atoms with Crippen LogP contribution in [0.5, 0.6) is 0 Å². The van der Waals surface area contributed by atoms with Crippen molar-refractivity contribution in [2.45, 2.75) is 0 Å². The highest BCUT2D eigenvalue weighted by Crippen LogP contribution is 2.15. The lowest BCUT2D eigenvalue weighted by Crippen LogP contribution is -2.19. The molecule has 4 nitrogen and oxygen atoms in total. The van der Waals surface area contributed by atoms with Gasteiger partial charge in [-0.1, -0.05) is 84.9 Å².